The summed E-state index contributed by atoms with van der Waals surface area (Å²) in [6.45, 7) is 4.44. The van der Waals surface area contributed by atoms with Crippen molar-refractivity contribution in [2.24, 2.45) is 59.2 Å². The summed E-state index contributed by atoms with van der Waals surface area (Å²) in [7, 11) is 0. The topological polar surface area (TPSA) is 43.9 Å². The number of fused-ring (bicyclic) bond motifs is 5. The lowest BCUT2D eigenvalue weighted by molar-refractivity contribution is -0.154. The summed E-state index contributed by atoms with van der Waals surface area (Å²) in [5.74, 6) is 6.58. The van der Waals surface area contributed by atoms with Crippen LogP contribution in [0.4, 0.5) is 18.9 Å². The number of piperazine rings is 1. The quantitative estimate of drug-likeness (QED) is 0.426. The van der Waals surface area contributed by atoms with Crippen molar-refractivity contribution in [2.45, 2.75) is 31.9 Å². The lowest BCUT2D eigenvalue weighted by atomic mass is 9.76. The van der Waals surface area contributed by atoms with Crippen LogP contribution >= 0.6 is 0 Å². The number of hydrogen-bond donors (Lipinski definition) is 0. The minimum absolute atomic E-state index is 0.106. The van der Waals surface area contributed by atoms with Crippen molar-refractivity contribution in [3.8, 4) is 0 Å². The number of benzene rings is 1. The van der Waals surface area contributed by atoms with Gasteiger partial charge in [0.05, 0.1) is 5.56 Å². The largest absolute Gasteiger partial charge is 0.416 e. The summed E-state index contributed by atoms with van der Waals surface area (Å²) >= 11 is 0. The van der Waals surface area contributed by atoms with Crippen molar-refractivity contribution in [1.82, 2.24) is 9.80 Å². The molecule has 9 rings (SSSR count). The molecule has 0 aromatic heterocycles. The first kappa shape index (κ1) is 22.9. The maximum atomic E-state index is 13.4. The predicted octanol–water partition coefficient (Wildman–Crippen LogP) is 3.99. The van der Waals surface area contributed by atoms with E-state index in [2.05, 4.69) is 4.90 Å². The second-order valence-electron chi connectivity index (χ2n) is 12.9. The molecule has 2 amide bonds. The van der Waals surface area contributed by atoms with E-state index in [4.69, 9.17) is 0 Å². The van der Waals surface area contributed by atoms with E-state index < -0.39 is 11.7 Å². The summed E-state index contributed by atoms with van der Waals surface area (Å²) in [6, 6.07) is 5.57. The third-order valence-corrected chi connectivity index (χ3v) is 11.7. The number of carbonyl (C=O) groups excluding carboxylic acids is 2. The number of hydrogen-bond acceptors (Lipinski definition) is 4. The van der Waals surface area contributed by atoms with Gasteiger partial charge in [-0.2, -0.15) is 13.2 Å². The van der Waals surface area contributed by atoms with Crippen LogP contribution in [0.1, 0.15) is 31.2 Å². The summed E-state index contributed by atoms with van der Waals surface area (Å²) in [4.78, 5) is 32.8. The third-order valence-electron chi connectivity index (χ3n) is 11.7. The zero-order valence-corrected chi connectivity index (χ0v) is 20.9. The Bertz CT molecular complexity index is 1110. The van der Waals surface area contributed by atoms with E-state index >= 15 is 0 Å². The molecule has 1 aromatic rings. The minimum Gasteiger partial charge on any atom is -0.369 e. The fraction of sp³-hybridized carbons (Fsp3) is 0.724. The number of nitrogens with zero attached hydrogens (tertiary/aromatic N) is 3. The van der Waals surface area contributed by atoms with Crippen LogP contribution in [0.3, 0.4) is 0 Å². The van der Waals surface area contributed by atoms with Gasteiger partial charge >= 0.3 is 6.18 Å². The fourth-order valence-corrected chi connectivity index (χ4v) is 10.5. The molecule has 2 aliphatic heterocycles. The normalized spacial score (nSPS) is 43.2. The Labute approximate surface area is 215 Å². The molecule has 198 valence electrons. The highest BCUT2D eigenvalue weighted by Gasteiger charge is 2.83. The molecule has 2 saturated heterocycles. The Hall–Kier alpha value is -2.09. The lowest BCUT2D eigenvalue weighted by Gasteiger charge is -2.36. The Morgan fingerprint density at radius 1 is 0.757 bits per heavy atom. The van der Waals surface area contributed by atoms with Crippen molar-refractivity contribution < 1.29 is 22.8 Å². The predicted molar refractivity (Wildman–Crippen MR) is 130 cm³/mol. The van der Waals surface area contributed by atoms with Gasteiger partial charge in [0.1, 0.15) is 0 Å². The molecule has 0 N–H and O–H groups in total. The fourth-order valence-electron chi connectivity index (χ4n) is 10.5. The van der Waals surface area contributed by atoms with E-state index in [-0.39, 0.29) is 23.7 Å². The van der Waals surface area contributed by atoms with E-state index in [9.17, 15) is 22.8 Å². The molecular weight excluding hydrogens is 479 g/mol. The van der Waals surface area contributed by atoms with Gasteiger partial charge in [0.25, 0.3) is 0 Å². The number of piperidine rings is 1. The second-order valence-corrected chi connectivity index (χ2v) is 12.9. The molecule has 8 aliphatic rings. The molecule has 8 fully saturated rings. The molecule has 0 spiro atoms. The summed E-state index contributed by atoms with van der Waals surface area (Å²) in [5.41, 5.74) is 0.0198. The number of carbonyl (C=O) groups is 2. The number of imide groups is 1. The first-order valence-corrected chi connectivity index (χ1v) is 14.3. The Morgan fingerprint density at radius 3 is 1.95 bits per heavy atom. The molecular formula is C29H34F3N3O2. The molecule has 37 heavy (non-hydrogen) atoms. The molecule has 8 heteroatoms. The Balaban J connectivity index is 0.831. The highest BCUT2D eigenvalue weighted by Crippen LogP contribution is 2.86. The van der Waals surface area contributed by atoms with Crippen LogP contribution in [0.5, 0.6) is 0 Å². The van der Waals surface area contributed by atoms with Gasteiger partial charge in [-0.15, -0.1) is 0 Å². The van der Waals surface area contributed by atoms with Gasteiger partial charge in [-0.05, 0) is 97.8 Å². The average molecular weight is 514 g/mol. The Morgan fingerprint density at radius 2 is 1.35 bits per heavy atom. The van der Waals surface area contributed by atoms with E-state index in [0.717, 1.165) is 80.5 Å². The summed E-state index contributed by atoms with van der Waals surface area (Å²) in [5, 5.41) is 0. The van der Waals surface area contributed by atoms with Crippen molar-refractivity contribution in [2.75, 3.05) is 44.2 Å². The molecule has 8 bridgehead atoms. The second kappa shape index (κ2) is 7.73. The maximum absolute atomic E-state index is 13.4. The highest BCUT2D eigenvalue weighted by molar-refractivity contribution is 6.01. The van der Waals surface area contributed by atoms with Crippen molar-refractivity contribution in [3.63, 3.8) is 0 Å². The van der Waals surface area contributed by atoms with Gasteiger partial charge in [-0.25, -0.2) is 0 Å². The molecule has 8 unspecified atom stereocenters. The van der Waals surface area contributed by atoms with Crippen LogP contribution in [-0.2, 0) is 15.8 Å². The van der Waals surface area contributed by atoms with Crippen LogP contribution in [0, 0.1) is 59.2 Å². The Kier molecular flexibility index (Phi) is 4.78. The first-order valence-electron chi connectivity index (χ1n) is 14.3. The number of unbranched alkanes of at least 4 members (excludes halogenated alkanes) is 1. The van der Waals surface area contributed by atoms with E-state index in [1.807, 2.05) is 4.90 Å². The maximum Gasteiger partial charge on any atom is 0.416 e. The van der Waals surface area contributed by atoms with Crippen LogP contribution in [-0.4, -0.2) is 60.9 Å². The SMILES string of the molecule is O=C1C2CC(C(=O)N1CCCCN1CCN(c3cccc(C(F)(F)F)c3)CC1)C1C2C2C3CC4C2C4C31. The number of rotatable bonds is 6. The van der Waals surface area contributed by atoms with Crippen LogP contribution in [0.15, 0.2) is 24.3 Å². The van der Waals surface area contributed by atoms with Gasteiger partial charge in [0.15, 0.2) is 0 Å². The van der Waals surface area contributed by atoms with Crippen LogP contribution < -0.4 is 4.90 Å². The number of likely N-dealkylation sites (tertiary alicyclic amines) is 1. The zero-order chi connectivity index (χ0) is 25.2. The van der Waals surface area contributed by atoms with Gasteiger partial charge in [-0.1, -0.05) is 6.07 Å². The van der Waals surface area contributed by atoms with E-state index in [1.165, 1.54) is 18.6 Å². The number of anilines is 1. The van der Waals surface area contributed by atoms with E-state index in [1.54, 1.807) is 11.0 Å². The molecule has 1 aromatic carbocycles. The van der Waals surface area contributed by atoms with Gasteiger partial charge in [-0.3, -0.25) is 19.4 Å². The summed E-state index contributed by atoms with van der Waals surface area (Å²) < 4.78 is 39.2. The van der Waals surface area contributed by atoms with Crippen molar-refractivity contribution in [3.05, 3.63) is 29.8 Å². The highest BCUT2D eigenvalue weighted by atomic mass is 19.4. The molecule has 8 atom stereocenters. The van der Waals surface area contributed by atoms with Gasteiger partial charge < -0.3 is 4.90 Å². The third kappa shape index (κ3) is 3.14. The standard InChI is InChI=1S/C29H34F3N3O2/c30-29(31,32)15-4-3-5-16(12-15)34-10-8-33(9-11-34)6-1-2-7-35-27(36)19-14-20(28(35)37)26-24-18-13-17-21(22(17)24)23(18)25(19)26/h3-5,12,17-26H,1-2,6-11,13-14H2. The monoisotopic (exact) mass is 513 g/mol. The average Bonchev–Trinajstić information content (AvgIpc) is 3.33. The van der Waals surface area contributed by atoms with Crippen LogP contribution in [0.2, 0.25) is 0 Å². The van der Waals surface area contributed by atoms with E-state index in [0.29, 0.717) is 37.2 Å². The minimum atomic E-state index is -4.33. The van der Waals surface area contributed by atoms with Gasteiger partial charge in [0, 0.05) is 50.2 Å². The van der Waals surface area contributed by atoms with Crippen LogP contribution in [0.25, 0.3) is 0 Å². The number of halogens is 3. The molecule has 5 nitrogen and oxygen atoms in total. The number of alkyl halides is 3. The van der Waals surface area contributed by atoms with Crippen molar-refractivity contribution >= 4 is 17.5 Å². The lowest BCUT2D eigenvalue weighted by Crippen LogP contribution is -2.48. The molecule has 2 heterocycles. The summed E-state index contributed by atoms with van der Waals surface area (Å²) in [6.07, 6.45) is -0.376. The molecule has 0 radical (unpaired) electrons. The molecule has 6 aliphatic carbocycles. The van der Waals surface area contributed by atoms with Gasteiger partial charge in [0.2, 0.25) is 11.8 Å². The van der Waals surface area contributed by atoms with Crippen molar-refractivity contribution in [1.29, 1.82) is 0 Å². The smallest absolute Gasteiger partial charge is 0.369 e. The molecule has 6 saturated carbocycles. The first-order chi connectivity index (χ1) is 17.8. The number of amides is 2. The zero-order valence-electron chi connectivity index (χ0n) is 20.9.